The SMILES string of the molecule is CN1CCN(CC(NC(=O)c2ccc(CSc3nc4ccccc4[nH]3)cc2)c2ccccc2)CC1. The van der Waals surface area contributed by atoms with Gasteiger partial charge in [0.25, 0.3) is 5.91 Å². The van der Waals surface area contributed by atoms with Crippen LogP contribution in [0.5, 0.6) is 0 Å². The lowest BCUT2D eigenvalue weighted by Crippen LogP contribution is -2.47. The molecule has 1 atom stereocenters. The van der Waals surface area contributed by atoms with Crippen LogP contribution in [0.25, 0.3) is 11.0 Å². The number of thioether (sulfide) groups is 1. The van der Waals surface area contributed by atoms with Crippen LogP contribution in [0.2, 0.25) is 0 Å². The van der Waals surface area contributed by atoms with Crippen molar-refractivity contribution in [2.75, 3.05) is 39.8 Å². The largest absolute Gasteiger partial charge is 0.344 e. The Bertz CT molecular complexity index is 1220. The molecule has 0 bridgehead atoms. The van der Waals surface area contributed by atoms with Gasteiger partial charge in [-0.2, -0.15) is 0 Å². The zero-order chi connectivity index (χ0) is 24.0. The van der Waals surface area contributed by atoms with E-state index < -0.39 is 0 Å². The number of hydrogen-bond acceptors (Lipinski definition) is 5. The average Bonchev–Trinajstić information content (AvgIpc) is 3.32. The number of likely N-dealkylation sites (N-methyl/N-ethyl adjacent to an activating group) is 1. The van der Waals surface area contributed by atoms with Crippen LogP contribution >= 0.6 is 11.8 Å². The summed E-state index contributed by atoms with van der Waals surface area (Å²) in [4.78, 5) is 25.9. The topological polar surface area (TPSA) is 64.3 Å². The first-order valence-corrected chi connectivity index (χ1v) is 13.1. The highest BCUT2D eigenvalue weighted by atomic mass is 32.2. The van der Waals surface area contributed by atoms with Gasteiger partial charge in [0.05, 0.1) is 17.1 Å². The lowest BCUT2D eigenvalue weighted by Gasteiger charge is -2.35. The summed E-state index contributed by atoms with van der Waals surface area (Å²) >= 11 is 1.66. The summed E-state index contributed by atoms with van der Waals surface area (Å²) in [6.07, 6.45) is 0. The van der Waals surface area contributed by atoms with Gasteiger partial charge in [-0.15, -0.1) is 0 Å². The second-order valence-corrected chi connectivity index (χ2v) is 10.0. The number of para-hydroxylation sites is 2. The molecular weight excluding hydrogens is 454 g/mol. The first-order chi connectivity index (χ1) is 17.1. The van der Waals surface area contributed by atoms with Gasteiger partial charge in [0.1, 0.15) is 0 Å². The summed E-state index contributed by atoms with van der Waals surface area (Å²) in [5.41, 5.74) is 5.00. The molecule has 7 heteroatoms. The number of hydrogen-bond donors (Lipinski definition) is 2. The van der Waals surface area contributed by atoms with Gasteiger partial charge in [-0.25, -0.2) is 4.98 Å². The van der Waals surface area contributed by atoms with Crippen LogP contribution < -0.4 is 5.32 Å². The Morgan fingerprint density at radius 1 is 0.971 bits per heavy atom. The minimum Gasteiger partial charge on any atom is -0.344 e. The van der Waals surface area contributed by atoms with Gasteiger partial charge < -0.3 is 15.2 Å². The van der Waals surface area contributed by atoms with Crippen molar-refractivity contribution in [3.05, 3.63) is 95.6 Å². The fraction of sp³-hybridized carbons (Fsp3) is 0.286. The highest BCUT2D eigenvalue weighted by molar-refractivity contribution is 7.98. The van der Waals surface area contributed by atoms with Crippen LogP contribution in [-0.2, 0) is 5.75 Å². The number of H-pyrrole nitrogens is 1. The molecule has 1 fully saturated rings. The molecule has 2 N–H and O–H groups in total. The van der Waals surface area contributed by atoms with Crippen molar-refractivity contribution in [2.45, 2.75) is 17.0 Å². The third-order valence-corrected chi connectivity index (χ3v) is 7.45. The number of fused-ring (bicyclic) bond motifs is 1. The smallest absolute Gasteiger partial charge is 0.251 e. The van der Waals surface area contributed by atoms with Crippen LogP contribution in [0.15, 0.2) is 84.0 Å². The van der Waals surface area contributed by atoms with Crippen molar-refractivity contribution in [3.8, 4) is 0 Å². The molecule has 1 aliphatic heterocycles. The molecule has 6 nitrogen and oxygen atoms in total. The lowest BCUT2D eigenvalue weighted by atomic mass is 10.0. The summed E-state index contributed by atoms with van der Waals surface area (Å²) in [6, 6.07) is 26.2. The van der Waals surface area contributed by atoms with E-state index in [-0.39, 0.29) is 11.9 Å². The normalized spacial score (nSPS) is 15.8. The second kappa shape index (κ2) is 11.1. The second-order valence-electron chi connectivity index (χ2n) is 9.09. The minimum absolute atomic E-state index is 0.0375. The Kier molecular flexibility index (Phi) is 7.47. The summed E-state index contributed by atoms with van der Waals surface area (Å²) in [6.45, 7) is 4.97. The molecule has 3 aromatic carbocycles. The Balaban J connectivity index is 1.21. The van der Waals surface area contributed by atoms with E-state index in [1.165, 1.54) is 0 Å². The van der Waals surface area contributed by atoms with Gasteiger partial charge >= 0.3 is 0 Å². The summed E-state index contributed by atoms with van der Waals surface area (Å²) in [7, 11) is 2.16. The van der Waals surface area contributed by atoms with Gasteiger partial charge in [-0.3, -0.25) is 9.69 Å². The average molecular weight is 486 g/mol. The highest BCUT2D eigenvalue weighted by Crippen LogP contribution is 2.23. The number of aromatic amines is 1. The lowest BCUT2D eigenvalue weighted by molar-refractivity contribution is 0.0907. The molecule has 0 radical (unpaired) electrons. The fourth-order valence-corrected chi connectivity index (χ4v) is 5.19. The third-order valence-electron chi connectivity index (χ3n) is 6.50. The molecule has 1 amide bonds. The molecule has 2 heterocycles. The summed E-state index contributed by atoms with van der Waals surface area (Å²) in [5, 5.41) is 4.19. The standard InChI is InChI=1S/C28H31N5OS/c1-32-15-17-33(18-16-32)19-26(22-7-3-2-4-8-22)29-27(34)23-13-11-21(12-14-23)20-35-28-30-24-9-5-6-10-25(24)31-28/h2-14,26H,15-20H2,1H3,(H,29,34)(H,30,31). The molecule has 5 rings (SSSR count). The third kappa shape index (κ3) is 6.11. The van der Waals surface area contributed by atoms with Gasteiger partial charge in [0.15, 0.2) is 5.16 Å². The molecule has 0 spiro atoms. The Morgan fingerprint density at radius 3 is 2.43 bits per heavy atom. The van der Waals surface area contributed by atoms with E-state index in [1.54, 1.807) is 11.8 Å². The molecule has 1 unspecified atom stereocenters. The van der Waals surface area contributed by atoms with Crippen molar-refractivity contribution in [2.24, 2.45) is 0 Å². The van der Waals surface area contributed by atoms with Crippen LogP contribution in [0.1, 0.15) is 27.5 Å². The fourth-order valence-electron chi connectivity index (χ4n) is 4.35. The first kappa shape index (κ1) is 23.6. The molecule has 1 aromatic heterocycles. The molecule has 4 aromatic rings. The number of carbonyl (C=O) groups is 1. The molecule has 180 valence electrons. The Hall–Kier alpha value is -3.13. The number of nitrogens with zero attached hydrogens (tertiary/aromatic N) is 3. The summed E-state index contributed by atoms with van der Waals surface area (Å²) < 4.78 is 0. The number of amides is 1. The van der Waals surface area contributed by atoms with Crippen molar-refractivity contribution in [3.63, 3.8) is 0 Å². The van der Waals surface area contributed by atoms with Crippen molar-refractivity contribution in [1.82, 2.24) is 25.1 Å². The highest BCUT2D eigenvalue weighted by Gasteiger charge is 2.21. The Labute approximate surface area is 210 Å². The van der Waals surface area contributed by atoms with Crippen LogP contribution in [-0.4, -0.2) is 65.4 Å². The van der Waals surface area contributed by atoms with Crippen molar-refractivity contribution >= 4 is 28.7 Å². The number of nitrogens with one attached hydrogen (secondary N) is 2. The van der Waals surface area contributed by atoms with E-state index in [4.69, 9.17) is 0 Å². The maximum absolute atomic E-state index is 13.2. The number of imidazole rings is 1. The zero-order valence-electron chi connectivity index (χ0n) is 20.0. The molecule has 1 aliphatic rings. The predicted octanol–water partition coefficient (Wildman–Crippen LogP) is 4.57. The molecule has 35 heavy (non-hydrogen) atoms. The number of benzene rings is 3. The van der Waals surface area contributed by atoms with E-state index in [1.807, 2.05) is 66.7 Å². The minimum atomic E-state index is -0.0459. The van der Waals surface area contributed by atoms with Gasteiger partial charge in [0.2, 0.25) is 0 Å². The van der Waals surface area contributed by atoms with Crippen LogP contribution in [0, 0.1) is 0 Å². The van der Waals surface area contributed by atoms with E-state index in [2.05, 4.69) is 44.3 Å². The molecule has 0 saturated carbocycles. The molecule has 0 aliphatic carbocycles. The van der Waals surface area contributed by atoms with Crippen molar-refractivity contribution < 1.29 is 4.79 Å². The van der Waals surface area contributed by atoms with Crippen LogP contribution in [0.4, 0.5) is 0 Å². The quantitative estimate of drug-likeness (QED) is 0.358. The maximum Gasteiger partial charge on any atom is 0.251 e. The predicted molar refractivity (Wildman–Crippen MR) is 143 cm³/mol. The van der Waals surface area contributed by atoms with E-state index in [9.17, 15) is 4.79 Å². The number of rotatable bonds is 8. The van der Waals surface area contributed by atoms with Crippen molar-refractivity contribution in [1.29, 1.82) is 0 Å². The van der Waals surface area contributed by atoms with Crippen LogP contribution in [0.3, 0.4) is 0 Å². The number of carbonyl (C=O) groups excluding carboxylic acids is 1. The van der Waals surface area contributed by atoms with Gasteiger partial charge in [0, 0.05) is 44.0 Å². The monoisotopic (exact) mass is 485 g/mol. The zero-order valence-corrected chi connectivity index (χ0v) is 20.8. The Morgan fingerprint density at radius 2 is 1.69 bits per heavy atom. The van der Waals surface area contributed by atoms with Gasteiger partial charge in [-0.1, -0.05) is 66.4 Å². The van der Waals surface area contributed by atoms with E-state index >= 15 is 0 Å². The number of piperazine rings is 1. The van der Waals surface area contributed by atoms with E-state index in [0.717, 1.165) is 65.8 Å². The molecular formula is C28H31N5OS. The van der Waals surface area contributed by atoms with Gasteiger partial charge in [-0.05, 0) is 42.4 Å². The molecule has 1 saturated heterocycles. The van der Waals surface area contributed by atoms with E-state index in [0.29, 0.717) is 5.56 Å². The maximum atomic E-state index is 13.2. The summed E-state index contributed by atoms with van der Waals surface area (Å²) in [5.74, 6) is 0.752. The number of aromatic nitrogens is 2. The first-order valence-electron chi connectivity index (χ1n) is 12.1.